The van der Waals surface area contributed by atoms with Gasteiger partial charge in [-0.25, -0.2) is 0 Å². The predicted molar refractivity (Wildman–Crippen MR) is 138 cm³/mol. The summed E-state index contributed by atoms with van der Waals surface area (Å²) in [4.78, 5) is 42.9. The van der Waals surface area contributed by atoms with E-state index >= 15 is 0 Å². The monoisotopic (exact) mass is 505 g/mol. The van der Waals surface area contributed by atoms with E-state index < -0.39 is 29.1 Å². The third-order valence-corrected chi connectivity index (χ3v) is 8.22. The van der Waals surface area contributed by atoms with Crippen LogP contribution >= 0.6 is 0 Å². The molecule has 2 unspecified atom stereocenters. The Balaban J connectivity index is 1.43. The first kappa shape index (κ1) is 25.4. The van der Waals surface area contributed by atoms with Crippen LogP contribution in [0.15, 0.2) is 60.7 Å². The van der Waals surface area contributed by atoms with Crippen LogP contribution in [-0.2, 0) is 25.7 Å². The van der Waals surface area contributed by atoms with E-state index in [0.29, 0.717) is 44.5 Å². The Morgan fingerprint density at radius 2 is 1.70 bits per heavy atom. The number of carbonyl (C=O) groups excluding carboxylic acids is 3. The molecule has 0 aliphatic carbocycles. The van der Waals surface area contributed by atoms with Crippen molar-refractivity contribution in [2.24, 2.45) is 11.8 Å². The van der Waals surface area contributed by atoms with Gasteiger partial charge in [0, 0.05) is 25.4 Å². The van der Waals surface area contributed by atoms with E-state index in [9.17, 15) is 19.5 Å². The molecule has 3 heterocycles. The Hall–Kier alpha value is -3.23. The van der Waals surface area contributed by atoms with Crippen LogP contribution in [0.1, 0.15) is 44.6 Å². The summed E-state index contributed by atoms with van der Waals surface area (Å²) in [7, 11) is 0. The molecule has 3 aliphatic rings. The minimum atomic E-state index is -1.04. The normalized spacial score (nSPS) is 29.8. The summed E-state index contributed by atoms with van der Waals surface area (Å²) in [6.45, 7) is 2.71. The fourth-order valence-electron chi connectivity index (χ4n) is 6.56. The zero-order chi connectivity index (χ0) is 26.0. The molecular formula is C29H35N3O5. The van der Waals surface area contributed by atoms with E-state index in [-0.39, 0.29) is 24.3 Å². The minimum Gasteiger partial charge on any atom is -0.396 e. The lowest BCUT2D eigenvalue weighted by Gasteiger charge is -2.33. The van der Waals surface area contributed by atoms with Crippen LogP contribution < -0.4 is 10.6 Å². The number of aliphatic hydroxyl groups excluding tert-OH is 1. The highest BCUT2D eigenvalue weighted by Gasteiger charge is 2.77. The van der Waals surface area contributed by atoms with Gasteiger partial charge in [-0.1, -0.05) is 48.5 Å². The van der Waals surface area contributed by atoms with E-state index in [1.165, 1.54) is 0 Å². The summed E-state index contributed by atoms with van der Waals surface area (Å²) in [5, 5.41) is 15.2. The second-order valence-electron chi connectivity index (χ2n) is 10.6. The first-order valence-corrected chi connectivity index (χ1v) is 13.2. The standard InChI is InChI=1S/C29H35N3O5/c1-28-15-16-29(37-28)23(22(28)25(34)31-21-13-7-3-8-14-21)27(36)32(17-9-4-10-18-33)24(29)26(35)30-19-20-11-5-2-6-12-20/h2-3,5-8,11-14,22-24,33H,4,9-10,15-19H2,1H3,(H,30,35)(H,31,34)/t22-,23+,24?,28+,29?/m1/s1. The summed E-state index contributed by atoms with van der Waals surface area (Å²) in [6.07, 6.45) is 3.19. The van der Waals surface area contributed by atoms with Crippen LogP contribution in [0, 0.1) is 11.8 Å². The van der Waals surface area contributed by atoms with Gasteiger partial charge >= 0.3 is 0 Å². The van der Waals surface area contributed by atoms with Gasteiger partial charge in [0.1, 0.15) is 11.6 Å². The Kier molecular flexibility index (Phi) is 7.05. The number of anilines is 1. The summed E-state index contributed by atoms with van der Waals surface area (Å²) in [5.74, 6) is -2.11. The molecule has 3 saturated heterocycles. The number of hydrogen-bond acceptors (Lipinski definition) is 5. The second kappa shape index (κ2) is 10.3. The van der Waals surface area contributed by atoms with Crippen molar-refractivity contribution in [1.29, 1.82) is 0 Å². The molecule has 0 radical (unpaired) electrons. The number of rotatable bonds is 10. The molecule has 3 fully saturated rings. The Bertz CT molecular complexity index is 1140. The minimum absolute atomic E-state index is 0.0880. The molecule has 8 heteroatoms. The Morgan fingerprint density at radius 1 is 1.00 bits per heavy atom. The quantitative estimate of drug-likeness (QED) is 0.431. The Morgan fingerprint density at radius 3 is 2.41 bits per heavy atom. The number of unbranched alkanes of at least 4 members (excludes halogenated alkanes) is 2. The molecule has 5 atom stereocenters. The van der Waals surface area contributed by atoms with E-state index in [1.54, 1.807) is 4.90 Å². The summed E-state index contributed by atoms with van der Waals surface area (Å²) >= 11 is 0. The molecule has 196 valence electrons. The number of hydrogen-bond donors (Lipinski definition) is 3. The maximum atomic E-state index is 14.0. The third kappa shape index (κ3) is 4.53. The van der Waals surface area contributed by atoms with Crippen LogP contribution in [0.3, 0.4) is 0 Å². The van der Waals surface area contributed by atoms with Gasteiger partial charge in [-0.2, -0.15) is 0 Å². The second-order valence-corrected chi connectivity index (χ2v) is 10.6. The maximum absolute atomic E-state index is 14.0. The van der Waals surface area contributed by atoms with Crippen molar-refractivity contribution in [3.8, 4) is 0 Å². The molecule has 2 aromatic carbocycles. The lowest BCUT2D eigenvalue weighted by atomic mass is 9.66. The van der Waals surface area contributed by atoms with E-state index in [0.717, 1.165) is 12.0 Å². The number of benzene rings is 2. The molecule has 0 aromatic heterocycles. The van der Waals surface area contributed by atoms with Gasteiger partial charge in [0.05, 0.1) is 17.4 Å². The van der Waals surface area contributed by atoms with Crippen molar-refractivity contribution in [3.63, 3.8) is 0 Å². The number of nitrogens with zero attached hydrogens (tertiary/aromatic N) is 1. The lowest BCUT2D eigenvalue weighted by Crippen LogP contribution is -2.55. The van der Waals surface area contributed by atoms with Crippen molar-refractivity contribution in [2.75, 3.05) is 18.5 Å². The summed E-state index contributed by atoms with van der Waals surface area (Å²) in [5.41, 5.74) is -0.230. The number of carbonyl (C=O) groups is 3. The highest BCUT2D eigenvalue weighted by atomic mass is 16.5. The van der Waals surface area contributed by atoms with Gasteiger partial charge < -0.3 is 25.4 Å². The molecule has 3 aliphatic heterocycles. The molecule has 1 spiro atoms. The number of likely N-dealkylation sites (tertiary alicyclic amines) is 1. The average Bonchev–Trinajstić information content (AvgIpc) is 3.47. The van der Waals surface area contributed by atoms with Crippen molar-refractivity contribution >= 4 is 23.4 Å². The molecular weight excluding hydrogens is 470 g/mol. The number of aliphatic hydroxyl groups is 1. The molecule has 2 bridgehead atoms. The van der Waals surface area contributed by atoms with Crippen LogP contribution in [0.4, 0.5) is 5.69 Å². The zero-order valence-corrected chi connectivity index (χ0v) is 21.2. The van der Waals surface area contributed by atoms with Gasteiger partial charge in [0.15, 0.2) is 0 Å². The topological polar surface area (TPSA) is 108 Å². The van der Waals surface area contributed by atoms with E-state index in [1.807, 2.05) is 67.6 Å². The van der Waals surface area contributed by atoms with Gasteiger partial charge in [-0.3, -0.25) is 14.4 Å². The number of para-hydroxylation sites is 1. The first-order valence-electron chi connectivity index (χ1n) is 13.2. The number of ether oxygens (including phenoxy) is 1. The number of amides is 3. The van der Waals surface area contributed by atoms with Crippen molar-refractivity contribution in [1.82, 2.24) is 10.2 Å². The molecule has 5 rings (SSSR count). The highest BCUT2D eigenvalue weighted by molar-refractivity contribution is 6.02. The summed E-state index contributed by atoms with van der Waals surface area (Å²) < 4.78 is 6.63. The van der Waals surface area contributed by atoms with Crippen molar-refractivity contribution in [3.05, 3.63) is 66.2 Å². The maximum Gasteiger partial charge on any atom is 0.246 e. The smallest absolute Gasteiger partial charge is 0.246 e. The lowest BCUT2D eigenvalue weighted by molar-refractivity contribution is -0.145. The largest absolute Gasteiger partial charge is 0.396 e. The molecule has 3 N–H and O–H groups in total. The Labute approximate surface area is 217 Å². The van der Waals surface area contributed by atoms with Gasteiger partial charge in [0.25, 0.3) is 0 Å². The number of fused-ring (bicyclic) bond motifs is 1. The highest BCUT2D eigenvalue weighted by Crippen LogP contribution is 2.63. The van der Waals surface area contributed by atoms with Gasteiger partial charge in [0.2, 0.25) is 17.7 Å². The fraction of sp³-hybridized carbons (Fsp3) is 0.483. The van der Waals surface area contributed by atoms with Gasteiger partial charge in [-0.15, -0.1) is 0 Å². The average molecular weight is 506 g/mol. The molecule has 8 nitrogen and oxygen atoms in total. The number of nitrogens with one attached hydrogen (secondary N) is 2. The molecule has 37 heavy (non-hydrogen) atoms. The molecule has 3 amide bonds. The van der Waals surface area contributed by atoms with Crippen molar-refractivity contribution < 1.29 is 24.2 Å². The third-order valence-electron chi connectivity index (χ3n) is 8.22. The molecule has 0 saturated carbocycles. The summed E-state index contributed by atoms with van der Waals surface area (Å²) in [6, 6.07) is 18.0. The van der Waals surface area contributed by atoms with Crippen molar-refractivity contribution in [2.45, 2.75) is 62.8 Å². The van der Waals surface area contributed by atoms with Crippen LogP contribution in [0.25, 0.3) is 0 Å². The van der Waals surface area contributed by atoms with Crippen LogP contribution in [0.2, 0.25) is 0 Å². The fourth-order valence-corrected chi connectivity index (χ4v) is 6.56. The van der Waals surface area contributed by atoms with Crippen LogP contribution in [0.5, 0.6) is 0 Å². The zero-order valence-electron chi connectivity index (χ0n) is 21.2. The van der Waals surface area contributed by atoms with E-state index in [2.05, 4.69) is 10.6 Å². The first-order chi connectivity index (χ1) is 17.9. The SMILES string of the molecule is C[C@@]12CCC3(O1)C(C(=O)NCc1ccccc1)N(CCCCCO)C(=O)[C@@H]3[C@@H]2C(=O)Nc1ccccc1. The predicted octanol–water partition coefficient (Wildman–Crippen LogP) is 2.87. The van der Waals surface area contributed by atoms with E-state index in [4.69, 9.17) is 4.74 Å². The van der Waals surface area contributed by atoms with Gasteiger partial charge in [-0.05, 0) is 56.7 Å². The molecule has 2 aromatic rings. The van der Waals surface area contributed by atoms with Crippen LogP contribution in [-0.4, -0.2) is 58.1 Å².